The summed E-state index contributed by atoms with van der Waals surface area (Å²) in [4.78, 5) is 34.5. The Morgan fingerprint density at radius 3 is 2.44 bits per heavy atom. The van der Waals surface area contributed by atoms with Crippen molar-refractivity contribution in [2.45, 2.75) is 32.1 Å². The molecule has 0 aliphatic heterocycles. The van der Waals surface area contributed by atoms with E-state index < -0.39 is 11.9 Å². The highest BCUT2D eigenvalue weighted by molar-refractivity contribution is 5.86. The van der Waals surface area contributed by atoms with E-state index >= 15 is 0 Å². The number of carbonyl (C=O) groups excluding carboxylic acids is 2. The summed E-state index contributed by atoms with van der Waals surface area (Å²) in [5, 5.41) is 11.1. The molecule has 2 N–H and O–H groups in total. The van der Waals surface area contributed by atoms with E-state index in [4.69, 9.17) is 5.11 Å². The van der Waals surface area contributed by atoms with Crippen molar-refractivity contribution in [3.05, 3.63) is 0 Å². The fraction of sp³-hybridized carbons (Fsp3) is 0.750. The molecule has 0 radical (unpaired) electrons. The van der Waals surface area contributed by atoms with Crippen LogP contribution in [0, 0.1) is 5.92 Å². The summed E-state index contributed by atoms with van der Waals surface area (Å²) in [5.41, 5.74) is 0. The van der Waals surface area contributed by atoms with Crippen LogP contribution in [0.3, 0.4) is 0 Å². The van der Waals surface area contributed by atoms with E-state index in [-0.39, 0.29) is 19.0 Å². The molecule has 1 fully saturated rings. The van der Waals surface area contributed by atoms with Crippen LogP contribution in [-0.2, 0) is 14.4 Å². The summed E-state index contributed by atoms with van der Waals surface area (Å²) >= 11 is 0. The number of carbonyl (C=O) groups is 3. The largest absolute Gasteiger partial charge is 0.480 e. The number of carboxylic acids is 1. The number of carboxylic acid groups (broad SMARTS) is 1. The molecule has 1 rings (SSSR count). The van der Waals surface area contributed by atoms with Crippen LogP contribution in [0.15, 0.2) is 0 Å². The van der Waals surface area contributed by atoms with Crippen molar-refractivity contribution in [1.82, 2.24) is 10.2 Å². The van der Waals surface area contributed by atoms with E-state index in [1.807, 2.05) is 0 Å². The number of hydrogen-bond donors (Lipinski definition) is 2. The summed E-state index contributed by atoms with van der Waals surface area (Å²) < 4.78 is 0. The third kappa shape index (κ3) is 5.16. The van der Waals surface area contributed by atoms with Gasteiger partial charge in [-0.3, -0.25) is 14.4 Å². The molecule has 0 atom stereocenters. The molecule has 102 valence electrons. The predicted molar refractivity (Wildman–Crippen MR) is 64.9 cm³/mol. The number of amides is 2. The zero-order valence-electron chi connectivity index (χ0n) is 10.6. The third-order valence-electron chi connectivity index (χ3n) is 3.18. The Hall–Kier alpha value is -1.59. The smallest absolute Gasteiger partial charge is 0.323 e. The number of rotatable bonds is 6. The first-order valence-corrected chi connectivity index (χ1v) is 6.21. The summed E-state index contributed by atoms with van der Waals surface area (Å²) in [6, 6.07) is 0. The van der Waals surface area contributed by atoms with Gasteiger partial charge in [0.1, 0.15) is 6.54 Å². The van der Waals surface area contributed by atoms with E-state index in [0.717, 1.165) is 17.7 Å². The minimum absolute atomic E-state index is 0.126. The number of likely N-dealkylation sites (N-methyl/N-ethyl adjacent to an activating group) is 1. The van der Waals surface area contributed by atoms with Gasteiger partial charge in [0.25, 0.3) is 0 Å². The number of hydrogen-bond acceptors (Lipinski definition) is 3. The minimum Gasteiger partial charge on any atom is -0.480 e. The van der Waals surface area contributed by atoms with Gasteiger partial charge in [0.05, 0.1) is 6.54 Å². The molecule has 0 bridgehead atoms. The summed E-state index contributed by atoms with van der Waals surface area (Å²) in [5.74, 6) is -1.14. The Morgan fingerprint density at radius 1 is 1.28 bits per heavy atom. The molecule has 0 aromatic rings. The monoisotopic (exact) mass is 256 g/mol. The van der Waals surface area contributed by atoms with Gasteiger partial charge >= 0.3 is 5.97 Å². The second kappa shape index (κ2) is 6.98. The fourth-order valence-electron chi connectivity index (χ4n) is 2.15. The van der Waals surface area contributed by atoms with Crippen molar-refractivity contribution < 1.29 is 19.5 Å². The lowest BCUT2D eigenvalue weighted by molar-refractivity contribution is -0.143. The number of aliphatic carboxylic acids is 1. The van der Waals surface area contributed by atoms with Crippen LogP contribution >= 0.6 is 0 Å². The molecule has 2 amide bonds. The lowest BCUT2D eigenvalue weighted by Gasteiger charge is -2.15. The molecule has 0 unspecified atom stereocenters. The Morgan fingerprint density at radius 2 is 1.89 bits per heavy atom. The van der Waals surface area contributed by atoms with Gasteiger partial charge in [-0.05, 0) is 18.8 Å². The Labute approximate surface area is 106 Å². The highest BCUT2D eigenvalue weighted by Gasteiger charge is 2.19. The first kappa shape index (κ1) is 14.5. The highest BCUT2D eigenvalue weighted by Crippen LogP contribution is 2.27. The lowest BCUT2D eigenvalue weighted by Crippen LogP contribution is -2.40. The standard InChI is InChI=1S/C12H20N2O4/c1-14(8-12(17)18)11(16)7-13-10(15)6-9-4-2-3-5-9/h9H,2-8H2,1H3,(H,13,15)(H,17,18). The molecule has 6 nitrogen and oxygen atoms in total. The van der Waals surface area contributed by atoms with Crippen LogP contribution in [0.1, 0.15) is 32.1 Å². The average molecular weight is 256 g/mol. The molecular weight excluding hydrogens is 236 g/mol. The van der Waals surface area contributed by atoms with Gasteiger partial charge in [0, 0.05) is 13.5 Å². The Kier molecular flexibility index (Phi) is 5.61. The van der Waals surface area contributed by atoms with E-state index in [1.54, 1.807) is 0 Å². The first-order valence-electron chi connectivity index (χ1n) is 6.21. The van der Waals surface area contributed by atoms with E-state index in [1.165, 1.54) is 19.9 Å². The molecule has 1 aliphatic rings. The second-order valence-corrected chi connectivity index (χ2v) is 4.77. The Balaban J connectivity index is 2.20. The molecule has 0 spiro atoms. The highest BCUT2D eigenvalue weighted by atomic mass is 16.4. The van der Waals surface area contributed by atoms with Gasteiger partial charge in [-0.1, -0.05) is 12.8 Å². The molecule has 0 aromatic carbocycles. The van der Waals surface area contributed by atoms with Crippen molar-refractivity contribution in [1.29, 1.82) is 0 Å². The summed E-state index contributed by atoms with van der Waals surface area (Å²) in [6.07, 6.45) is 4.99. The predicted octanol–water partition coefficient (Wildman–Crippen LogP) is 0.226. The molecule has 0 aromatic heterocycles. The zero-order valence-corrected chi connectivity index (χ0v) is 10.6. The summed E-state index contributed by atoms with van der Waals surface area (Å²) in [6.45, 7) is -0.480. The number of nitrogens with one attached hydrogen (secondary N) is 1. The fourth-order valence-corrected chi connectivity index (χ4v) is 2.15. The van der Waals surface area contributed by atoms with Crippen LogP contribution in [-0.4, -0.2) is 47.9 Å². The first-order chi connectivity index (χ1) is 8.49. The van der Waals surface area contributed by atoms with Crippen molar-refractivity contribution in [2.24, 2.45) is 5.92 Å². The SMILES string of the molecule is CN(CC(=O)O)C(=O)CNC(=O)CC1CCCC1. The van der Waals surface area contributed by atoms with E-state index in [0.29, 0.717) is 12.3 Å². The molecule has 18 heavy (non-hydrogen) atoms. The van der Waals surface area contributed by atoms with Crippen molar-refractivity contribution >= 4 is 17.8 Å². The van der Waals surface area contributed by atoms with Crippen molar-refractivity contribution in [2.75, 3.05) is 20.1 Å². The van der Waals surface area contributed by atoms with Crippen LogP contribution in [0.2, 0.25) is 0 Å². The van der Waals surface area contributed by atoms with Gasteiger partial charge in [-0.2, -0.15) is 0 Å². The lowest BCUT2D eigenvalue weighted by atomic mass is 10.0. The second-order valence-electron chi connectivity index (χ2n) is 4.77. The normalized spacial score (nSPS) is 15.4. The Bertz CT molecular complexity index is 324. The van der Waals surface area contributed by atoms with Crippen LogP contribution in [0.4, 0.5) is 0 Å². The van der Waals surface area contributed by atoms with Crippen LogP contribution in [0.25, 0.3) is 0 Å². The molecular formula is C12H20N2O4. The van der Waals surface area contributed by atoms with Crippen LogP contribution in [0.5, 0.6) is 0 Å². The third-order valence-corrected chi connectivity index (χ3v) is 3.18. The van der Waals surface area contributed by atoms with Gasteiger partial charge in [-0.15, -0.1) is 0 Å². The van der Waals surface area contributed by atoms with E-state index in [9.17, 15) is 14.4 Å². The van der Waals surface area contributed by atoms with Gasteiger partial charge in [0.2, 0.25) is 11.8 Å². The maximum absolute atomic E-state index is 11.6. The van der Waals surface area contributed by atoms with E-state index in [2.05, 4.69) is 5.32 Å². The quantitative estimate of drug-likeness (QED) is 0.712. The topological polar surface area (TPSA) is 86.7 Å². The molecule has 6 heteroatoms. The van der Waals surface area contributed by atoms with Gasteiger partial charge < -0.3 is 15.3 Å². The van der Waals surface area contributed by atoms with Crippen molar-refractivity contribution in [3.63, 3.8) is 0 Å². The maximum Gasteiger partial charge on any atom is 0.323 e. The van der Waals surface area contributed by atoms with Crippen LogP contribution < -0.4 is 5.32 Å². The zero-order chi connectivity index (χ0) is 13.5. The van der Waals surface area contributed by atoms with Gasteiger partial charge in [0.15, 0.2) is 0 Å². The number of nitrogens with zero attached hydrogens (tertiary/aromatic N) is 1. The summed E-state index contributed by atoms with van der Waals surface area (Å²) in [7, 11) is 1.40. The molecule has 1 aliphatic carbocycles. The maximum atomic E-state index is 11.6. The molecule has 0 saturated heterocycles. The minimum atomic E-state index is -1.07. The molecule has 1 saturated carbocycles. The average Bonchev–Trinajstić information content (AvgIpc) is 2.77. The van der Waals surface area contributed by atoms with Crippen molar-refractivity contribution in [3.8, 4) is 0 Å². The molecule has 0 heterocycles. The van der Waals surface area contributed by atoms with Gasteiger partial charge in [-0.25, -0.2) is 0 Å².